The molecule has 0 aliphatic rings. The van der Waals surface area contributed by atoms with Crippen LogP contribution in [0, 0.1) is 10.6 Å². The number of hydrogen-bond acceptors (Lipinski definition) is 3. The Balaban J connectivity index is 1.76. The SMILES string of the molecule is CN(CC(=O)Nc1ccc(Cl)c(Cl)c1)C(=O)c1cc(F)cc2[nH]c(=S)[nH]c12. The Morgan fingerprint density at radius 2 is 1.93 bits per heavy atom. The molecular formula is C17H13Cl2FN4O2S. The molecule has 0 fully saturated rings. The number of likely N-dealkylation sites (N-methyl/N-ethyl adjacent to an activating group) is 1. The molecule has 2 aromatic carbocycles. The second kappa shape index (κ2) is 7.67. The molecule has 3 rings (SSSR count). The van der Waals surface area contributed by atoms with E-state index >= 15 is 0 Å². The summed E-state index contributed by atoms with van der Waals surface area (Å²) in [7, 11) is 1.44. The first kappa shape index (κ1) is 19.3. The zero-order valence-electron chi connectivity index (χ0n) is 13.9. The first-order chi connectivity index (χ1) is 12.7. The smallest absolute Gasteiger partial charge is 0.256 e. The molecule has 0 saturated heterocycles. The van der Waals surface area contributed by atoms with Gasteiger partial charge in [0.2, 0.25) is 5.91 Å². The molecule has 10 heteroatoms. The summed E-state index contributed by atoms with van der Waals surface area (Å²) in [5, 5.41) is 3.28. The van der Waals surface area contributed by atoms with Crippen LogP contribution >= 0.6 is 35.4 Å². The van der Waals surface area contributed by atoms with E-state index in [0.717, 1.165) is 6.07 Å². The molecule has 0 saturated carbocycles. The summed E-state index contributed by atoms with van der Waals surface area (Å²) < 4.78 is 14.1. The summed E-state index contributed by atoms with van der Waals surface area (Å²) in [4.78, 5) is 31.6. The van der Waals surface area contributed by atoms with E-state index in [2.05, 4.69) is 15.3 Å². The van der Waals surface area contributed by atoms with Crippen molar-refractivity contribution in [2.75, 3.05) is 18.9 Å². The van der Waals surface area contributed by atoms with Gasteiger partial charge in [0.25, 0.3) is 5.91 Å². The summed E-state index contributed by atoms with van der Waals surface area (Å²) in [6, 6.07) is 6.96. The van der Waals surface area contributed by atoms with Gasteiger partial charge in [-0.1, -0.05) is 23.2 Å². The van der Waals surface area contributed by atoms with E-state index in [1.807, 2.05) is 0 Å². The quantitative estimate of drug-likeness (QED) is 0.541. The van der Waals surface area contributed by atoms with E-state index in [1.165, 1.54) is 24.1 Å². The highest BCUT2D eigenvalue weighted by Gasteiger charge is 2.20. The zero-order valence-corrected chi connectivity index (χ0v) is 16.2. The van der Waals surface area contributed by atoms with Crippen molar-refractivity contribution < 1.29 is 14.0 Å². The molecule has 1 heterocycles. The number of aromatic nitrogens is 2. The number of amides is 2. The highest BCUT2D eigenvalue weighted by Crippen LogP contribution is 2.25. The van der Waals surface area contributed by atoms with Gasteiger partial charge in [0.15, 0.2) is 4.77 Å². The predicted molar refractivity (Wildman–Crippen MR) is 105 cm³/mol. The maximum Gasteiger partial charge on any atom is 0.256 e. The van der Waals surface area contributed by atoms with E-state index in [0.29, 0.717) is 26.8 Å². The molecule has 0 spiro atoms. The van der Waals surface area contributed by atoms with Crippen LogP contribution in [-0.2, 0) is 4.79 Å². The van der Waals surface area contributed by atoms with E-state index < -0.39 is 17.6 Å². The number of benzene rings is 2. The third-order valence-corrected chi connectivity index (χ3v) is 4.69. The van der Waals surface area contributed by atoms with E-state index in [4.69, 9.17) is 35.4 Å². The first-order valence-corrected chi connectivity index (χ1v) is 8.83. The number of nitrogens with zero attached hydrogens (tertiary/aromatic N) is 1. The van der Waals surface area contributed by atoms with Crippen LogP contribution in [0.15, 0.2) is 30.3 Å². The number of rotatable bonds is 4. The number of halogens is 3. The second-order valence-electron chi connectivity index (χ2n) is 5.79. The summed E-state index contributed by atoms with van der Waals surface area (Å²) in [6.45, 7) is -0.248. The van der Waals surface area contributed by atoms with Crippen LogP contribution in [0.2, 0.25) is 10.0 Å². The fourth-order valence-corrected chi connectivity index (χ4v) is 3.05. The Labute approximate surface area is 168 Å². The number of carbonyl (C=O) groups is 2. The third kappa shape index (κ3) is 4.29. The topological polar surface area (TPSA) is 81.0 Å². The van der Waals surface area contributed by atoms with Gasteiger partial charge >= 0.3 is 0 Å². The average Bonchev–Trinajstić information content (AvgIpc) is 2.96. The van der Waals surface area contributed by atoms with Gasteiger partial charge in [0.05, 0.1) is 33.2 Å². The van der Waals surface area contributed by atoms with Gasteiger partial charge in [-0.15, -0.1) is 0 Å². The lowest BCUT2D eigenvalue weighted by Gasteiger charge is -2.17. The second-order valence-corrected chi connectivity index (χ2v) is 7.02. The number of H-pyrrole nitrogens is 2. The van der Waals surface area contributed by atoms with Crippen LogP contribution in [0.25, 0.3) is 11.0 Å². The molecule has 0 bridgehead atoms. The number of carbonyl (C=O) groups excluding carboxylic acids is 2. The van der Waals surface area contributed by atoms with Crippen LogP contribution in [0.5, 0.6) is 0 Å². The average molecular weight is 427 g/mol. The summed E-state index contributed by atoms with van der Waals surface area (Å²) in [6.07, 6.45) is 0. The fraction of sp³-hybridized carbons (Fsp3) is 0.118. The van der Waals surface area contributed by atoms with E-state index in [9.17, 15) is 14.0 Å². The van der Waals surface area contributed by atoms with Crippen molar-refractivity contribution in [2.45, 2.75) is 0 Å². The Morgan fingerprint density at radius 1 is 1.19 bits per heavy atom. The van der Waals surface area contributed by atoms with Crippen molar-refractivity contribution in [1.82, 2.24) is 14.9 Å². The van der Waals surface area contributed by atoms with Crippen LogP contribution in [-0.4, -0.2) is 40.3 Å². The Hall–Kier alpha value is -2.42. The minimum atomic E-state index is -0.593. The van der Waals surface area contributed by atoms with Crippen molar-refractivity contribution in [3.63, 3.8) is 0 Å². The molecular weight excluding hydrogens is 414 g/mol. The summed E-state index contributed by atoms with van der Waals surface area (Å²) >= 11 is 16.7. The van der Waals surface area contributed by atoms with Crippen molar-refractivity contribution in [1.29, 1.82) is 0 Å². The van der Waals surface area contributed by atoms with Gasteiger partial charge < -0.3 is 20.2 Å². The van der Waals surface area contributed by atoms with Gasteiger partial charge in [-0.05, 0) is 42.5 Å². The number of fused-ring (bicyclic) bond motifs is 1. The molecule has 6 nitrogen and oxygen atoms in total. The van der Waals surface area contributed by atoms with Gasteiger partial charge in [-0.25, -0.2) is 4.39 Å². The van der Waals surface area contributed by atoms with Gasteiger partial charge in [0.1, 0.15) is 5.82 Å². The molecule has 2 amide bonds. The molecule has 0 radical (unpaired) electrons. The Bertz CT molecular complexity index is 1110. The Morgan fingerprint density at radius 3 is 2.63 bits per heavy atom. The monoisotopic (exact) mass is 426 g/mol. The van der Waals surface area contributed by atoms with Crippen LogP contribution in [0.1, 0.15) is 10.4 Å². The van der Waals surface area contributed by atoms with Crippen molar-refractivity contribution >= 4 is 64.0 Å². The zero-order chi connectivity index (χ0) is 19.7. The van der Waals surface area contributed by atoms with Crippen molar-refractivity contribution in [2.24, 2.45) is 0 Å². The third-order valence-electron chi connectivity index (χ3n) is 3.75. The lowest BCUT2D eigenvalue weighted by molar-refractivity contribution is -0.116. The van der Waals surface area contributed by atoms with Gasteiger partial charge in [-0.3, -0.25) is 9.59 Å². The fourth-order valence-electron chi connectivity index (χ4n) is 2.54. The van der Waals surface area contributed by atoms with Crippen LogP contribution < -0.4 is 5.32 Å². The van der Waals surface area contributed by atoms with Crippen LogP contribution in [0.4, 0.5) is 10.1 Å². The number of anilines is 1. The molecule has 3 aromatic rings. The summed E-state index contributed by atoms with van der Waals surface area (Å²) in [5.74, 6) is -1.57. The van der Waals surface area contributed by atoms with Crippen molar-refractivity contribution in [3.8, 4) is 0 Å². The normalized spacial score (nSPS) is 10.8. The lowest BCUT2D eigenvalue weighted by atomic mass is 10.1. The minimum absolute atomic E-state index is 0.0715. The first-order valence-electron chi connectivity index (χ1n) is 7.66. The Kier molecular flexibility index (Phi) is 5.50. The predicted octanol–water partition coefficient (Wildman–Crippen LogP) is 4.38. The van der Waals surface area contributed by atoms with E-state index in [1.54, 1.807) is 12.1 Å². The lowest BCUT2D eigenvalue weighted by Crippen LogP contribution is -2.35. The van der Waals surface area contributed by atoms with Crippen LogP contribution in [0.3, 0.4) is 0 Å². The van der Waals surface area contributed by atoms with Gasteiger partial charge in [0, 0.05) is 12.7 Å². The van der Waals surface area contributed by atoms with E-state index in [-0.39, 0.29) is 16.9 Å². The molecule has 27 heavy (non-hydrogen) atoms. The highest BCUT2D eigenvalue weighted by molar-refractivity contribution is 7.71. The van der Waals surface area contributed by atoms with Gasteiger partial charge in [-0.2, -0.15) is 0 Å². The maximum absolute atomic E-state index is 13.8. The largest absolute Gasteiger partial charge is 0.332 e. The molecule has 140 valence electrons. The molecule has 0 aliphatic heterocycles. The minimum Gasteiger partial charge on any atom is -0.332 e. The molecule has 3 N–H and O–H groups in total. The van der Waals surface area contributed by atoms with Crippen molar-refractivity contribution in [3.05, 3.63) is 56.5 Å². The highest BCUT2D eigenvalue weighted by atomic mass is 35.5. The number of imidazole rings is 1. The molecule has 0 atom stereocenters. The number of aromatic amines is 2. The maximum atomic E-state index is 13.8. The summed E-state index contributed by atoms with van der Waals surface area (Å²) in [5.41, 5.74) is 1.26. The number of nitrogens with one attached hydrogen (secondary N) is 3. The molecule has 1 aromatic heterocycles. The number of hydrogen-bond donors (Lipinski definition) is 3. The molecule has 0 unspecified atom stereocenters. The molecule has 0 aliphatic carbocycles. The standard InChI is InChI=1S/C17H13Cl2FN4O2S/c1-24(7-14(25)21-9-2-3-11(18)12(19)6-9)16(26)10-4-8(20)5-13-15(10)23-17(27)22-13/h2-6H,7H2,1H3,(H,21,25)(H2,22,23,27).